The molecule has 0 saturated heterocycles. The number of aliphatic hydroxyl groups is 1. The minimum atomic E-state index is -0.422. The lowest BCUT2D eigenvalue weighted by molar-refractivity contribution is 0.136. The van der Waals surface area contributed by atoms with Gasteiger partial charge in [-0.15, -0.1) is 0 Å². The Labute approximate surface area is 83.5 Å². The summed E-state index contributed by atoms with van der Waals surface area (Å²) < 4.78 is 5.26. The van der Waals surface area contributed by atoms with Crippen molar-refractivity contribution >= 4 is 0 Å². The van der Waals surface area contributed by atoms with Crippen LogP contribution >= 0.6 is 0 Å². The van der Waals surface area contributed by atoms with Crippen LogP contribution in [0.2, 0.25) is 0 Å². The highest BCUT2D eigenvalue weighted by atomic mass is 16.5. The summed E-state index contributed by atoms with van der Waals surface area (Å²) in [6, 6.07) is 5.73. The topological polar surface area (TPSA) is 55.5 Å². The minimum absolute atomic E-state index is 0.168. The van der Waals surface area contributed by atoms with Gasteiger partial charge in [-0.05, 0) is 23.6 Å². The summed E-state index contributed by atoms with van der Waals surface area (Å²) in [4.78, 5) is 0. The molecule has 1 aromatic carbocycles. The Balaban J connectivity index is 2.41. The van der Waals surface area contributed by atoms with Gasteiger partial charge in [0.1, 0.15) is 5.75 Å². The van der Waals surface area contributed by atoms with Crippen LogP contribution in [0.1, 0.15) is 11.1 Å². The molecule has 0 fully saturated rings. The smallest absolute Gasteiger partial charge is 0.122 e. The Hall–Kier alpha value is -1.06. The normalized spacial score (nSPS) is 25.6. The van der Waals surface area contributed by atoms with Crippen molar-refractivity contribution in [2.24, 2.45) is 5.73 Å². The van der Waals surface area contributed by atoms with E-state index in [0.717, 1.165) is 16.9 Å². The molecule has 0 heterocycles. The van der Waals surface area contributed by atoms with Crippen LogP contribution in [0.25, 0.3) is 0 Å². The standard InChI is InChI=1S/C11H15NO2/c1-14-11-4-2-3-7-5-10(13)9(12)6-8(7)11/h2-4,9-10,13H,5-6,12H2,1H3/t9-,10-/m0/s1. The van der Waals surface area contributed by atoms with Gasteiger partial charge in [-0.1, -0.05) is 12.1 Å². The quantitative estimate of drug-likeness (QED) is 0.682. The monoisotopic (exact) mass is 193 g/mol. The second-order valence-corrected chi connectivity index (χ2v) is 3.74. The predicted octanol–water partition coefficient (Wildman–Crippen LogP) is 0.482. The predicted molar refractivity (Wildman–Crippen MR) is 54.4 cm³/mol. The van der Waals surface area contributed by atoms with E-state index in [1.54, 1.807) is 7.11 Å². The van der Waals surface area contributed by atoms with Crippen molar-refractivity contribution in [3.63, 3.8) is 0 Å². The summed E-state index contributed by atoms with van der Waals surface area (Å²) in [6.07, 6.45) is 0.906. The Bertz CT molecular complexity index is 338. The van der Waals surface area contributed by atoms with Crippen LogP contribution in [0.15, 0.2) is 18.2 Å². The molecule has 76 valence electrons. The second kappa shape index (κ2) is 3.59. The first kappa shape index (κ1) is 9.49. The summed E-state index contributed by atoms with van der Waals surface area (Å²) in [7, 11) is 1.66. The summed E-state index contributed by atoms with van der Waals surface area (Å²) in [5, 5.41) is 9.62. The molecule has 0 aliphatic heterocycles. The number of hydrogen-bond acceptors (Lipinski definition) is 3. The third-order valence-electron chi connectivity index (χ3n) is 2.81. The Morgan fingerprint density at radius 1 is 1.43 bits per heavy atom. The fourth-order valence-electron chi connectivity index (χ4n) is 1.97. The van der Waals surface area contributed by atoms with E-state index < -0.39 is 6.10 Å². The van der Waals surface area contributed by atoms with E-state index in [1.807, 2.05) is 18.2 Å². The summed E-state index contributed by atoms with van der Waals surface area (Å²) in [6.45, 7) is 0. The van der Waals surface area contributed by atoms with Crippen LogP contribution < -0.4 is 10.5 Å². The Morgan fingerprint density at radius 2 is 2.21 bits per heavy atom. The van der Waals surface area contributed by atoms with Crippen LogP contribution in [0.4, 0.5) is 0 Å². The van der Waals surface area contributed by atoms with Crippen molar-refractivity contribution < 1.29 is 9.84 Å². The third-order valence-corrected chi connectivity index (χ3v) is 2.81. The van der Waals surface area contributed by atoms with Crippen LogP contribution in [0.5, 0.6) is 5.75 Å². The largest absolute Gasteiger partial charge is 0.496 e. The summed E-state index contributed by atoms with van der Waals surface area (Å²) in [5.41, 5.74) is 8.11. The van der Waals surface area contributed by atoms with Crippen LogP contribution in [0.3, 0.4) is 0 Å². The van der Waals surface area contributed by atoms with Gasteiger partial charge in [0, 0.05) is 12.5 Å². The molecule has 14 heavy (non-hydrogen) atoms. The number of benzene rings is 1. The van der Waals surface area contributed by atoms with Gasteiger partial charge in [-0.25, -0.2) is 0 Å². The molecular formula is C11H15NO2. The number of aliphatic hydroxyl groups excluding tert-OH is 1. The average Bonchev–Trinajstić information content (AvgIpc) is 2.19. The molecule has 0 aromatic heterocycles. The van der Waals surface area contributed by atoms with Gasteiger partial charge in [0.05, 0.1) is 13.2 Å². The lowest BCUT2D eigenvalue weighted by atomic mass is 9.86. The molecule has 0 radical (unpaired) electrons. The second-order valence-electron chi connectivity index (χ2n) is 3.74. The highest BCUT2D eigenvalue weighted by Gasteiger charge is 2.25. The molecule has 0 spiro atoms. The van der Waals surface area contributed by atoms with Crippen molar-refractivity contribution in [2.45, 2.75) is 25.0 Å². The first-order valence-corrected chi connectivity index (χ1v) is 4.80. The van der Waals surface area contributed by atoms with E-state index in [-0.39, 0.29) is 6.04 Å². The molecule has 3 heteroatoms. The van der Waals surface area contributed by atoms with Crippen LogP contribution in [0, 0.1) is 0 Å². The molecule has 0 unspecified atom stereocenters. The van der Waals surface area contributed by atoms with Gasteiger partial charge in [0.25, 0.3) is 0 Å². The Kier molecular flexibility index (Phi) is 2.44. The molecule has 0 saturated carbocycles. The molecule has 1 aromatic rings. The Morgan fingerprint density at radius 3 is 2.93 bits per heavy atom. The van der Waals surface area contributed by atoms with Gasteiger partial charge in [-0.2, -0.15) is 0 Å². The molecule has 3 nitrogen and oxygen atoms in total. The number of ether oxygens (including phenoxy) is 1. The van der Waals surface area contributed by atoms with Crippen molar-refractivity contribution in [3.05, 3.63) is 29.3 Å². The van der Waals surface area contributed by atoms with Crippen molar-refractivity contribution in [1.29, 1.82) is 0 Å². The van der Waals surface area contributed by atoms with Gasteiger partial charge >= 0.3 is 0 Å². The zero-order valence-electron chi connectivity index (χ0n) is 8.23. The number of rotatable bonds is 1. The molecule has 0 bridgehead atoms. The molecule has 0 amide bonds. The number of nitrogens with two attached hydrogens (primary N) is 1. The highest BCUT2D eigenvalue weighted by molar-refractivity contribution is 5.43. The van der Waals surface area contributed by atoms with Crippen molar-refractivity contribution in [3.8, 4) is 5.75 Å². The fraction of sp³-hybridized carbons (Fsp3) is 0.455. The fourth-order valence-corrected chi connectivity index (χ4v) is 1.97. The molecule has 1 aliphatic rings. The van der Waals surface area contributed by atoms with Gasteiger partial charge in [-0.3, -0.25) is 0 Å². The summed E-state index contributed by atoms with van der Waals surface area (Å²) in [5.74, 6) is 0.879. The van der Waals surface area contributed by atoms with Crippen molar-refractivity contribution in [1.82, 2.24) is 0 Å². The van der Waals surface area contributed by atoms with E-state index in [9.17, 15) is 5.11 Å². The van der Waals surface area contributed by atoms with E-state index in [1.165, 1.54) is 0 Å². The number of fused-ring (bicyclic) bond motifs is 1. The molecule has 1 aliphatic carbocycles. The first-order chi connectivity index (χ1) is 6.72. The zero-order chi connectivity index (χ0) is 10.1. The van der Waals surface area contributed by atoms with Crippen molar-refractivity contribution in [2.75, 3.05) is 7.11 Å². The maximum absolute atomic E-state index is 9.62. The van der Waals surface area contributed by atoms with Crippen LogP contribution in [-0.2, 0) is 12.8 Å². The lowest BCUT2D eigenvalue weighted by Gasteiger charge is -2.27. The van der Waals surface area contributed by atoms with E-state index >= 15 is 0 Å². The zero-order valence-corrected chi connectivity index (χ0v) is 8.23. The van der Waals surface area contributed by atoms with E-state index in [2.05, 4.69) is 0 Å². The van der Waals surface area contributed by atoms with Gasteiger partial charge < -0.3 is 15.6 Å². The molecule has 2 atom stereocenters. The maximum atomic E-state index is 9.62. The highest BCUT2D eigenvalue weighted by Crippen LogP contribution is 2.28. The van der Waals surface area contributed by atoms with E-state index in [0.29, 0.717) is 12.8 Å². The minimum Gasteiger partial charge on any atom is -0.496 e. The lowest BCUT2D eigenvalue weighted by Crippen LogP contribution is -2.41. The maximum Gasteiger partial charge on any atom is 0.122 e. The average molecular weight is 193 g/mol. The van der Waals surface area contributed by atoms with E-state index in [4.69, 9.17) is 10.5 Å². The SMILES string of the molecule is COc1cccc2c1C[C@H](N)[C@@H](O)C2. The number of hydrogen-bond donors (Lipinski definition) is 2. The molecule has 3 N–H and O–H groups in total. The first-order valence-electron chi connectivity index (χ1n) is 4.80. The third kappa shape index (κ3) is 1.49. The summed E-state index contributed by atoms with van der Waals surface area (Å²) >= 11 is 0. The van der Waals surface area contributed by atoms with Gasteiger partial charge in [0.2, 0.25) is 0 Å². The van der Waals surface area contributed by atoms with Gasteiger partial charge in [0.15, 0.2) is 0 Å². The molecule has 2 rings (SSSR count). The molecular weight excluding hydrogens is 178 g/mol. The number of methoxy groups -OCH3 is 1. The van der Waals surface area contributed by atoms with Crippen LogP contribution in [-0.4, -0.2) is 24.4 Å².